The zero-order valence-electron chi connectivity index (χ0n) is 7.81. The molecule has 0 saturated carbocycles. The molecule has 0 fully saturated rings. The summed E-state index contributed by atoms with van der Waals surface area (Å²) >= 11 is 0. The molecule has 0 N–H and O–H groups in total. The molecule has 13 heavy (non-hydrogen) atoms. The Bertz CT molecular complexity index is 312. The van der Waals surface area contributed by atoms with Crippen molar-refractivity contribution in [2.45, 2.75) is 0 Å². The Hall–Kier alpha value is -1.65. The van der Waals surface area contributed by atoms with Gasteiger partial charge in [-0.05, 0) is 0 Å². The van der Waals surface area contributed by atoms with E-state index in [1.165, 1.54) is 13.3 Å². The first kappa shape index (κ1) is 9.44. The highest BCUT2D eigenvalue weighted by Gasteiger charge is 2.12. The Morgan fingerprint density at radius 1 is 1.54 bits per heavy atom. The van der Waals surface area contributed by atoms with E-state index in [1.54, 1.807) is 4.90 Å². The maximum Gasteiger partial charge on any atom is 0.257 e. The smallest absolute Gasteiger partial charge is 0.257 e. The first-order valence-corrected chi connectivity index (χ1v) is 3.73. The summed E-state index contributed by atoms with van der Waals surface area (Å²) in [4.78, 5) is 12.4. The monoisotopic (exact) mass is 181 g/mol. The molecule has 0 aromatic carbocycles. The van der Waals surface area contributed by atoms with Gasteiger partial charge in [-0.15, -0.1) is 5.10 Å². The van der Waals surface area contributed by atoms with Gasteiger partial charge in [0.25, 0.3) is 5.88 Å². The van der Waals surface area contributed by atoms with Crippen LogP contribution in [-0.2, 0) is 0 Å². The van der Waals surface area contributed by atoms with E-state index >= 15 is 0 Å². The molecule has 0 radical (unpaired) electrons. The van der Waals surface area contributed by atoms with Crippen molar-refractivity contribution in [3.8, 4) is 5.88 Å². The number of carbonyl (C=O) groups excluding carboxylic acids is 1. The molecule has 0 aliphatic rings. The molecular formula is C8H11N3O2. The molecular weight excluding hydrogens is 170 g/mol. The second-order valence-corrected chi connectivity index (χ2v) is 2.67. The van der Waals surface area contributed by atoms with Gasteiger partial charge in [0.15, 0.2) is 6.29 Å². The van der Waals surface area contributed by atoms with Gasteiger partial charge in [-0.2, -0.15) is 5.10 Å². The molecule has 70 valence electrons. The molecule has 5 heteroatoms. The first-order chi connectivity index (χ1) is 6.20. The predicted octanol–water partition coefficient (Wildman–Crippen LogP) is 0.364. The molecule has 1 aromatic rings. The number of nitrogens with zero attached hydrogens (tertiary/aromatic N) is 3. The van der Waals surface area contributed by atoms with Gasteiger partial charge in [0.1, 0.15) is 5.69 Å². The highest BCUT2D eigenvalue weighted by molar-refractivity contribution is 5.85. The molecule has 0 atom stereocenters. The Labute approximate surface area is 76.3 Å². The van der Waals surface area contributed by atoms with Crippen LogP contribution in [-0.4, -0.2) is 37.7 Å². The van der Waals surface area contributed by atoms with Gasteiger partial charge in [0, 0.05) is 14.1 Å². The van der Waals surface area contributed by atoms with Crippen LogP contribution in [0.4, 0.5) is 5.69 Å². The zero-order chi connectivity index (χ0) is 9.84. The van der Waals surface area contributed by atoms with E-state index in [2.05, 4.69) is 10.2 Å². The van der Waals surface area contributed by atoms with Crippen LogP contribution in [0.25, 0.3) is 0 Å². The van der Waals surface area contributed by atoms with Crippen LogP contribution in [0.2, 0.25) is 0 Å². The molecule has 0 amide bonds. The van der Waals surface area contributed by atoms with Crippen LogP contribution in [0, 0.1) is 0 Å². The van der Waals surface area contributed by atoms with E-state index < -0.39 is 0 Å². The molecule has 0 spiro atoms. The molecule has 1 heterocycles. The highest BCUT2D eigenvalue weighted by Crippen LogP contribution is 2.25. The lowest BCUT2D eigenvalue weighted by Gasteiger charge is -2.16. The predicted molar refractivity (Wildman–Crippen MR) is 48.3 cm³/mol. The fourth-order valence-corrected chi connectivity index (χ4v) is 1.05. The van der Waals surface area contributed by atoms with Crippen molar-refractivity contribution >= 4 is 12.0 Å². The average Bonchev–Trinajstić information content (AvgIpc) is 2.16. The van der Waals surface area contributed by atoms with Crippen molar-refractivity contribution in [2.24, 2.45) is 0 Å². The van der Waals surface area contributed by atoms with Crippen molar-refractivity contribution in [2.75, 3.05) is 26.1 Å². The second kappa shape index (κ2) is 3.84. The van der Waals surface area contributed by atoms with Crippen molar-refractivity contribution in [1.29, 1.82) is 0 Å². The lowest BCUT2D eigenvalue weighted by Crippen LogP contribution is -2.14. The van der Waals surface area contributed by atoms with Crippen LogP contribution in [0.1, 0.15) is 10.4 Å². The maximum absolute atomic E-state index is 10.6. The topological polar surface area (TPSA) is 55.3 Å². The Balaban J connectivity index is 3.29. The number of anilines is 1. The van der Waals surface area contributed by atoms with Crippen LogP contribution < -0.4 is 9.64 Å². The van der Waals surface area contributed by atoms with Crippen LogP contribution in [0.5, 0.6) is 5.88 Å². The fourth-order valence-electron chi connectivity index (χ4n) is 1.05. The summed E-state index contributed by atoms with van der Waals surface area (Å²) in [5.41, 5.74) is 1.12. The van der Waals surface area contributed by atoms with Gasteiger partial charge in [0.2, 0.25) is 0 Å². The summed E-state index contributed by atoms with van der Waals surface area (Å²) in [6.45, 7) is 0. The zero-order valence-corrected chi connectivity index (χ0v) is 7.81. The Morgan fingerprint density at radius 2 is 2.23 bits per heavy atom. The third kappa shape index (κ3) is 1.74. The molecule has 0 saturated heterocycles. The SMILES string of the molecule is COc1nncc(C=O)c1N(C)C. The second-order valence-electron chi connectivity index (χ2n) is 2.67. The standard InChI is InChI=1S/C8H11N3O2/c1-11(2)7-6(5-12)4-9-10-8(7)13-3/h4-5H,1-3H3. The van der Waals surface area contributed by atoms with Gasteiger partial charge >= 0.3 is 0 Å². The summed E-state index contributed by atoms with van der Waals surface area (Å²) in [7, 11) is 5.12. The maximum atomic E-state index is 10.6. The van der Waals surface area contributed by atoms with E-state index in [0.717, 1.165) is 6.29 Å². The molecule has 0 unspecified atom stereocenters. The summed E-state index contributed by atoms with van der Waals surface area (Å²) in [5.74, 6) is 0.356. The molecule has 1 rings (SSSR count). The molecule has 1 aromatic heterocycles. The van der Waals surface area contributed by atoms with E-state index in [0.29, 0.717) is 17.1 Å². The van der Waals surface area contributed by atoms with Gasteiger partial charge in [-0.25, -0.2) is 0 Å². The third-order valence-electron chi connectivity index (χ3n) is 1.59. The normalized spacial score (nSPS) is 9.46. The minimum atomic E-state index is 0.356. The number of carbonyl (C=O) groups is 1. The average molecular weight is 181 g/mol. The van der Waals surface area contributed by atoms with Gasteiger partial charge in [-0.3, -0.25) is 4.79 Å². The summed E-state index contributed by atoms with van der Waals surface area (Å²) in [6.07, 6.45) is 2.14. The number of rotatable bonds is 3. The van der Waals surface area contributed by atoms with Crippen molar-refractivity contribution < 1.29 is 9.53 Å². The number of hydrogen-bond acceptors (Lipinski definition) is 5. The lowest BCUT2D eigenvalue weighted by atomic mass is 10.2. The van der Waals surface area contributed by atoms with Crippen LogP contribution in [0.15, 0.2) is 6.20 Å². The number of aldehydes is 1. The van der Waals surface area contributed by atoms with E-state index in [9.17, 15) is 4.79 Å². The number of ether oxygens (including phenoxy) is 1. The number of methoxy groups -OCH3 is 1. The minimum absolute atomic E-state index is 0.356. The summed E-state index contributed by atoms with van der Waals surface area (Å²) in [6, 6.07) is 0. The van der Waals surface area contributed by atoms with Crippen molar-refractivity contribution in [3.63, 3.8) is 0 Å². The quantitative estimate of drug-likeness (QED) is 0.630. The first-order valence-electron chi connectivity index (χ1n) is 3.73. The number of aromatic nitrogens is 2. The Morgan fingerprint density at radius 3 is 2.69 bits per heavy atom. The van der Waals surface area contributed by atoms with Crippen LogP contribution >= 0.6 is 0 Å². The molecule has 0 bridgehead atoms. The van der Waals surface area contributed by atoms with E-state index in [1.807, 2.05) is 14.1 Å². The lowest BCUT2D eigenvalue weighted by molar-refractivity contribution is 0.112. The molecule has 5 nitrogen and oxygen atoms in total. The number of hydrogen-bond donors (Lipinski definition) is 0. The Kier molecular flexibility index (Phi) is 2.79. The summed E-state index contributed by atoms with van der Waals surface area (Å²) in [5, 5.41) is 7.39. The van der Waals surface area contributed by atoms with Crippen LogP contribution in [0.3, 0.4) is 0 Å². The largest absolute Gasteiger partial charge is 0.478 e. The van der Waals surface area contributed by atoms with E-state index in [-0.39, 0.29) is 0 Å². The van der Waals surface area contributed by atoms with Gasteiger partial charge < -0.3 is 9.64 Å². The molecule has 0 aliphatic heterocycles. The highest BCUT2D eigenvalue weighted by atomic mass is 16.5. The minimum Gasteiger partial charge on any atom is -0.478 e. The molecule has 0 aliphatic carbocycles. The summed E-state index contributed by atoms with van der Waals surface area (Å²) < 4.78 is 4.97. The fraction of sp³-hybridized carbons (Fsp3) is 0.375. The van der Waals surface area contributed by atoms with E-state index in [4.69, 9.17) is 4.74 Å². The van der Waals surface area contributed by atoms with Gasteiger partial charge in [0.05, 0.1) is 18.9 Å². The third-order valence-corrected chi connectivity index (χ3v) is 1.59. The van der Waals surface area contributed by atoms with Crippen molar-refractivity contribution in [3.05, 3.63) is 11.8 Å². The van der Waals surface area contributed by atoms with Gasteiger partial charge in [-0.1, -0.05) is 0 Å². The van der Waals surface area contributed by atoms with Crippen molar-refractivity contribution in [1.82, 2.24) is 10.2 Å².